The summed E-state index contributed by atoms with van der Waals surface area (Å²) in [6.45, 7) is 6.78. The molecule has 3 aromatic heterocycles. The van der Waals surface area contributed by atoms with E-state index in [0.29, 0.717) is 0 Å². The number of benzene rings is 1. The molecule has 41 heavy (non-hydrogen) atoms. The van der Waals surface area contributed by atoms with E-state index in [2.05, 4.69) is 15.3 Å². The van der Waals surface area contributed by atoms with Crippen LogP contribution in [0.15, 0.2) is 53.7 Å². The second-order valence-corrected chi connectivity index (χ2v) is 14.0. The van der Waals surface area contributed by atoms with Crippen molar-refractivity contribution in [3.8, 4) is 17.3 Å². The van der Waals surface area contributed by atoms with Crippen LogP contribution in [0.2, 0.25) is 0 Å². The number of rotatable bonds is 8. The summed E-state index contributed by atoms with van der Waals surface area (Å²) in [5.74, 6) is -2.03. The molecule has 216 valence electrons. The first-order valence-corrected chi connectivity index (χ1v) is 15.5. The molecule has 1 N–H and O–H groups in total. The standard InChI is InChI=1S/C27H27F2N5O5S2/c1-16-6-8-19(9-7-16)41(37,38)34-14-21(20-11-18(28)13-31-26(20)34)24-17(12-30)10-22(29)25(33-24)32-23(27(2,3)4)15-39-40(5,35)36/h6-11,13-14,23H,15H2,1-5H3,(H,32,33)/t23-/m0/s1. The molecule has 0 bridgehead atoms. The predicted octanol–water partition coefficient (Wildman–Crippen LogP) is 4.60. The number of pyridine rings is 2. The Hall–Kier alpha value is -3.93. The summed E-state index contributed by atoms with van der Waals surface area (Å²) in [7, 11) is -8.03. The summed E-state index contributed by atoms with van der Waals surface area (Å²) in [6.07, 6.45) is 2.91. The van der Waals surface area contributed by atoms with Gasteiger partial charge in [-0.1, -0.05) is 38.5 Å². The van der Waals surface area contributed by atoms with Gasteiger partial charge in [-0.05, 0) is 36.6 Å². The van der Waals surface area contributed by atoms with Crippen LogP contribution in [0, 0.1) is 35.3 Å². The molecule has 0 aliphatic carbocycles. The lowest BCUT2D eigenvalue weighted by Gasteiger charge is -2.31. The van der Waals surface area contributed by atoms with Crippen LogP contribution in [0.4, 0.5) is 14.6 Å². The Morgan fingerprint density at radius 3 is 2.37 bits per heavy atom. The monoisotopic (exact) mass is 603 g/mol. The molecule has 4 aromatic rings. The number of nitrogens with one attached hydrogen (secondary N) is 1. The Balaban J connectivity index is 1.91. The molecule has 10 nitrogen and oxygen atoms in total. The Morgan fingerprint density at radius 1 is 1.12 bits per heavy atom. The molecule has 0 aliphatic rings. The molecule has 1 atom stereocenters. The van der Waals surface area contributed by atoms with Gasteiger partial charge in [0.1, 0.15) is 11.9 Å². The zero-order chi connectivity index (χ0) is 30.3. The maximum atomic E-state index is 15.2. The number of halogens is 2. The van der Waals surface area contributed by atoms with E-state index in [1.165, 1.54) is 12.1 Å². The molecular formula is C27H27F2N5O5S2. The van der Waals surface area contributed by atoms with Crippen molar-refractivity contribution in [3.63, 3.8) is 0 Å². The van der Waals surface area contributed by atoms with E-state index in [0.717, 1.165) is 40.3 Å². The minimum Gasteiger partial charge on any atom is -0.362 e. The van der Waals surface area contributed by atoms with E-state index >= 15 is 4.39 Å². The molecule has 0 amide bonds. The molecule has 0 saturated carbocycles. The number of fused-ring (bicyclic) bond motifs is 1. The smallest absolute Gasteiger partial charge is 0.269 e. The van der Waals surface area contributed by atoms with Gasteiger partial charge in [0.25, 0.3) is 20.1 Å². The second-order valence-electron chi connectivity index (χ2n) is 10.6. The first-order chi connectivity index (χ1) is 19.0. The fourth-order valence-electron chi connectivity index (χ4n) is 4.00. The van der Waals surface area contributed by atoms with Crippen molar-refractivity contribution in [1.29, 1.82) is 5.26 Å². The van der Waals surface area contributed by atoms with Gasteiger partial charge < -0.3 is 5.32 Å². The highest BCUT2D eigenvalue weighted by Gasteiger charge is 2.30. The Morgan fingerprint density at radius 2 is 1.78 bits per heavy atom. The Bertz CT molecular complexity index is 1890. The van der Waals surface area contributed by atoms with Crippen molar-refractivity contribution in [3.05, 3.63) is 71.6 Å². The highest BCUT2D eigenvalue weighted by Crippen LogP contribution is 2.35. The average molecular weight is 604 g/mol. The second kappa shape index (κ2) is 10.8. The highest BCUT2D eigenvalue weighted by molar-refractivity contribution is 7.90. The summed E-state index contributed by atoms with van der Waals surface area (Å²) in [5.41, 5.74) is -0.292. The normalized spacial score (nSPS) is 13.2. The quantitative estimate of drug-likeness (QED) is 0.286. The number of nitrogens with zero attached hydrogens (tertiary/aromatic N) is 4. The van der Waals surface area contributed by atoms with Gasteiger partial charge in [-0.15, -0.1) is 0 Å². The minimum absolute atomic E-state index is 0.0157. The van der Waals surface area contributed by atoms with Crippen LogP contribution in [-0.2, 0) is 24.3 Å². The fraction of sp³-hybridized carbons (Fsp3) is 0.296. The largest absolute Gasteiger partial charge is 0.362 e. The number of aryl methyl sites for hydroxylation is 1. The molecule has 0 unspecified atom stereocenters. The fourth-order valence-corrected chi connectivity index (χ4v) is 5.70. The molecule has 0 spiro atoms. The summed E-state index contributed by atoms with van der Waals surface area (Å²) in [4.78, 5) is 8.24. The van der Waals surface area contributed by atoms with Crippen molar-refractivity contribution in [1.82, 2.24) is 13.9 Å². The number of hydrogen-bond acceptors (Lipinski definition) is 9. The third-order valence-electron chi connectivity index (χ3n) is 6.31. The summed E-state index contributed by atoms with van der Waals surface area (Å²) in [5, 5.41) is 12.7. The van der Waals surface area contributed by atoms with Gasteiger partial charge in [0.05, 0.1) is 41.3 Å². The number of aromatic nitrogens is 3. The lowest BCUT2D eigenvalue weighted by Crippen LogP contribution is -2.39. The number of hydrogen-bond donors (Lipinski definition) is 1. The Kier molecular flexibility index (Phi) is 7.92. The van der Waals surface area contributed by atoms with E-state index in [9.17, 15) is 26.5 Å². The minimum atomic E-state index is -4.22. The maximum Gasteiger partial charge on any atom is 0.269 e. The first-order valence-electron chi connectivity index (χ1n) is 12.2. The van der Waals surface area contributed by atoms with E-state index in [1.54, 1.807) is 39.8 Å². The molecule has 0 aliphatic heterocycles. The van der Waals surface area contributed by atoms with Crippen molar-refractivity contribution in [2.45, 2.75) is 38.6 Å². The van der Waals surface area contributed by atoms with Crippen LogP contribution in [-0.4, -0.2) is 49.7 Å². The van der Waals surface area contributed by atoms with Gasteiger partial charge in [-0.3, -0.25) is 4.18 Å². The van der Waals surface area contributed by atoms with Crippen molar-refractivity contribution in [2.24, 2.45) is 5.41 Å². The first kappa shape index (κ1) is 30.0. The van der Waals surface area contributed by atoms with E-state index in [4.69, 9.17) is 4.18 Å². The molecule has 14 heteroatoms. The topological polar surface area (TPSA) is 144 Å². The predicted molar refractivity (Wildman–Crippen MR) is 149 cm³/mol. The van der Waals surface area contributed by atoms with E-state index in [1.807, 2.05) is 6.07 Å². The molecule has 0 saturated heterocycles. The molecule has 3 heterocycles. The summed E-state index contributed by atoms with van der Waals surface area (Å²) >= 11 is 0. The van der Waals surface area contributed by atoms with Crippen LogP contribution >= 0.6 is 0 Å². The molecule has 0 fully saturated rings. The number of nitriles is 1. The zero-order valence-corrected chi connectivity index (χ0v) is 24.4. The van der Waals surface area contributed by atoms with Crippen LogP contribution in [0.25, 0.3) is 22.3 Å². The van der Waals surface area contributed by atoms with E-state index in [-0.39, 0.29) is 45.2 Å². The highest BCUT2D eigenvalue weighted by atomic mass is 32.2. The van der Waals surface area contributed by atoms with Crippen LogP contribution < -0.4 is 5.32 Å². The molecular weight excluding hydrogens is 576 g/mol. The van der Waals surface area contributed by atoms with Crippen LogP contribution in [0.3, 0.4) is 0 Å². The van der Waals surface area contributed by atoms with Crippen molar-refractivity contribution >= 4 is 37.0 Å². The molecule has 1 aromatic carbocycles. The lowest BCUT2D eigenvalue weighted by molar-refractivity contribution is 0.224. The third-order valence-corrected chi connectivity index (χ3v) is 8.54. The van der Waals surface area contributed by atoms with Gasteiger partial charge in [0.2, 0.25) is 0 Å². The van der Waals surface area contributed by atoms with Crippen LogP contribution in [0.1, 0.15) is 31.9 Å². The van der Waals surface area contributed by atoms with Crippen LogP contribution in [0.5, 0.6) is 0 Å². The lowest BCUT2D eigenvalue weighted by atomic mass is 9.87. The van der Waals surface area contributed by atoms with Gasteiger partial charge in [0.15, 0.2) is 17.3 Å². The number of anilines is 1. The van der Waals surface area contributed by atoms with Crippen molar-refractivity contribution in [2.75, 3.05) is 18.2 Å². The summed E-state index contributed by atoms with van der Waals surface area (Å²) in [6, 6.07) is 9.14. The van der Waals surface area contributed by atoms with Crippen molar-refractivity contribution < 1.29 is 29.8 Å². The van der Waals surface area contributed by atoms with Gasteiger partial charge in [-0.25, -0.2) is 31.1 Å². The maximum absolute atomic E-state index is 15.2. The Labute approximate surface area is 236 Å². The van der Waals surface area contributed by atoms with Gasteiger partial charge in [-0.2, -0.15) is 13.7 Å². The third kappa shape index (κ3) is 6.37. The van der Waals surface area contributed by atoms with Gasteiger partial charge >= 0.3 is 0 Å². The average Bonchev–Trinajstić information content (AvgIpc) is 3.25. The van der Waals surface area contributed by atoms with E-state index < -0.39 is 43.2 Å². The summed E-state index contributed by atoms with van der Waals surface area (Å²) < 4.78 is 85.7. The SMILES string of the molecule is Cc1ccc(S(=O)(=O)n2cc(-c3nc(N[C@@H](COS(C)(=O)=O)C(C)(C)C)c(F)cc3C#N)c3cc(F)cnc32)cc1. The zero-order valence-electron chi connectivity index (χ0n) is 22.8. The van der Waals surface area contributed by atoms with Gasteiger partial charge in [0, 0.05) is 17.1 Å². The molecule has 0 radical (unpaired) electrons. The molecule has 4 rings (SSSR count).